The van der Waals surface area contributed by atoms with Gasteiger partial charge in [-0.1, -0.05) is 0 Å². The normalized spacial score (nSPS) is 27.1. The van der Waals surface area contributed by atoms with Gasteiger partial charge in [-0.05, 0) is 52.4 Å². The SMILES string of the molecule is CC(C)(C)OC(=O)N1CCCC1C(O)C1CC1. The molecule has 0 radical (unpaired) electrons. The number of hydrogen-bond donors (Lipinski definition) is 1. The smallest absolute Gasteiger partial charge is 0.410 e. The minimum absolute atomic E-state index is 0.0302. The second-order valence-corrected chi connectivity index (χ2v) is 6.21. The van der Waals surface area contributed by atoms with Crippen molar-refractivity contribution in [1.29, 1.82) is 0 Å². The summed E-state index contributed by atoms with van der Waals surface area (Å²) >= 11 is 0. The van der Waals surface area contributed by atoms with E-state index in [1.807, 2.05) is 20.8 Å². The Labute approximate surface area is 103 Å². The molecule has 2 atom stereocenters. The Balaban J connectivity index is 1.96. The molecule has 1 heterocycles. The van der Waals surface area contributed by atoms with Crippen LogP contribution in [0.15, 0.2) is 0 Å². The fourth-order valence-electron chi connectivity index (χ4n) is 2.45. The van der Waals surface area contributed by atoms with Crippen molar-refractivity contribution < 1.29 is 14.6 Å². The molecule has 0 aromatic rings. The molecule has 0 aromatic heterocycles. The monoisotopic (exact) mass is 241 g/mol. The molecule has 1 saturated heterocycles. The quantitative estimate of drug-likeness (QED) is 0.806. The number of hydrogen-bond acceptors (Lipinski definition) is 3. The third-order valence-corrected chi connectivity index (χ3v) is 3.43. The number of amides is 1. The molecule has 1 aliphatic carbocycles. The van der Waals surface area contributed by atoms with Crippen LogP contribution >= 0.6 is 0 Å². The van der Waals surface area contributed by atoms with Gasteiger partial charge in [0.25, 0.3) is 0 Å². The highest BCUT2D eigenvalue weighted by molar-refractivity contribution is 5.69. The van der Waals surface area contributed by atoms with E-state index in [9.17, 15) is 9.90 Å². The summed E-state index contributed by atoms with van der Waals surface area (Å²) in [5, 5.41) is 10.2. The topological polar surface area (TPSA) is 49.8 Å². The summed E-state index contributed by atoms with van der Waals surface area (Å²) in [4.78, 5) is 13.7. The number of rotatable bonds is 2. The lowest BCUT2D eigenvalue weighted by molar-refractivity contribution is 0.00144. The number of nitrogens with zero attached hydrogens (tertiary/aromatic N) is 1. The molecular formula is C13H23NO3. The summed E-state index contributed by atoms with van der Waals surface area (Å²) in [6.45, 7) is 6.32. The van der Waals surface area contributed by atoms with Crippen molar-refractivity contribution >= 4 is 6.09 Å². The molecule has 98 valence electrons. The molecule has 2 unspecified atom stereocenters. The lowest BCUT2D eigenvalue weighted by atomic mass is 10.0. The molecule has 1 aliphatic heterocycles. The van der Waals surface area contributed by atoms with Crippen LogP contribution in [0.4, 0.5) is 4.79 Å². The van der Waals surface area contributed by atoms with Crippen molar-refractivity contribution in [3.05, 3.63) is 0 Å². The van der Waals surface area contributed by atoms with Crippen LogP contribution in [0.5, 0.6) is 0 Å². The molecule has 0 spiro atoms. The van der Waals surface area contributed by atoms with Gasteiger partial charge in [0.1, 0.15) is 5.60 Å². The largest absolute Gasteiger partial charge is 0.444 e. The van der Waals surface area contributed by atoms with Gasteiger partial charge in [0.05, 0.1) is 12.1 Å². The zero-order valence-electron chi connectivity index (χ0n) is 11.0. The van der Waals surface area contributed by atoms with Crippen LogP contribution < -0.4 is 0 Å². The van der Waals surface area contributed by atoms with Crippen LogP contribution in [0.2, 0.25) is 0 Å². The van der Waals surface area contributed by atoms with Crippen molar-refractivity contribution in [2.45, 2.75) is 64.2 Å². The maximum Gasteiger partial charge on any atom is 0.410 e. The van der Waals surface area contributed by atoms with Crippen LogP contribution in [-0.2, 0) is 4.74 Å². The number of aliphatic hydroxyl groups excluding tert-OH is 1. The first-order chi connectivity index (χ1) is 7.88. The number of carbonyl (C=O) groups excluding carboxylic acids is 1. The Bertz CT molecular complexity index is 294. The lowest BCUT2D eigenvalue weighted by Crippen LogP contribution is -2.45. The van der Waals surface area contributed by atoms with Gasteiger partial charge in [0.2, 0.25) is 0 Å². The van der Waals surface area contributed by atoms with Crippen LogP contribution in [0, 0.1) is 5.92 Å². The molecule has 0 aromatic carbocycles. The third kappa shape index (κ3) is 3.12. The Morgan fingerprint density at radius 3 is 2.53 bits per heavy atom. The van der Waals surface area contributed by atoms with E-state index in [1.165, 1.54) is 0 Å². The maximum atomic E-state index is 12.0. The van der Waals surface area contributed by atoms with Crippen molar-refractivity contribution in [3.8, 4) is 0 Å². The molecule has 1 amide bonds. The molecule has 0 bridgehead atoms. The van der Waals surface area contributed by atoms with E-state index in [1.54, 1.807) is 4.90 Å². The van der Waals surface area contributed by atoms with Gasteiger partial charge in [0, 0.05) is 6.54 Å². The van der Waals surface area contributed by atoms with Crippen molar-refractivity contribution in [2.24, 2.45) is 5.92 Å². The second-order valence-electron chi connectivity index (χ2n) is 6.21. The highest BCUT2D eigenvalue weighted by Crippen LogP contribution is 2.38. The van der Waals surface area contributed by atoms with Gasteiger partial charge < -0.3 is 14.7 Å². The Morgan fingerprint density at radius 2 is 2.00 bits per heavy atom. The van der Waals surface area contributed by atoms with Gasteiger partial charge in [-0.3, -0.25) is 0 Å². The van der Waals surface area contributed by atoms with E-state index in [4.69, 9.17) is 4.74 Å². The number of likely N-dealkylation sites (tertiary alicyclic amines) is 1. The van der Waals surface area contributed by atoms with Gasteiger partial charge in [-0.25, -0.2) is 4.79 Å². The zero-order valence-corrected chi connectivity index (χ0v) is 11.0. The standard InChI is InChI=1S/C13H23NO3/c1-13(2,3)17-12(16)14-8-4-5-10(14)11(15)9-6-7-9/h9-11,15H,4-8H2,1-3H3. The molecule has 17 heavy (non-hydrogen) atoms. The summed E-state index contributed by atoms with van der Waals surface area (Å²) < 4.78 is 5.38. The predicted molar refractivity (Wildman–Crippen MR) is 64.7 cm³/mol. The van der Waals surface area contributed by atoms with E-state index < -0.39 is 5.60 Å². The van der Waals surface area contributed by atoms with Gasteiger partial charge in [-0.2, -0.15) is 0 Å². The summed E-state index contributed by atoms with van der Waals surface area (Å²) in [6.07, 6.45) is 3.43. The maximum absolute atomic E-state index is 12.0. The molecule has 1 saturated carbocycles. The first-order valence-electron chi connectivity index (χ1n) is 6.56. The number of carbonyl (C=O) groups is 1. The lowest BCUT2D eigenvalue weighted by Gasteiger charge is -2.31. The summed E-state index contributed by atoms with van der Waals surface area (Å²) in [5.41, 5.74) is -0.464. The Morgan fingerprint density at radius 1 is 1.35 bits per heavy atom. The van der Waals surface area contributed by atoms with E-state index in [2.05, 4.69) is 0 Å². The van der Waals surface area contributed by atoms with E-state index in [0.29, 0.717) is 12.5 Å². The molecule has 4 nitrogen and oxygen atoms in total. The predicted octanol–water partition coefficient (Wildman–Crippen LogP) is 2.16. The minimum atomic E-state index is -0.464. The summed E-state index contributed by atoms with van der Waals surface area (Å²) in [6, 6.07) is -0.0302. The minimum Gasteiger partial charge on any atom is -0.444 e. The number of ether oxygens (including phenoxy) is 1. The van der Waals surface area contributed by atoms with E-state index in [-0.39, 0.29) is 18.2 Å². The van der Waals surface area contributed by atoms with Crippen LogP contribution in [0.3, 0.4) is 0 Å². The first kappa shape index (κ1) is 12.7. The Hall–Kier alpha value is -0.770. The zero-order chi connectivity index (χ0) is 12.6. The van der Waals surface area contributed by atoms with E-state index in [0.717, 1.165) is 25.7 Å². The van der Waals surface area contributed by atoms with Gasteiger partial charge >= 0.3 is 6.09 Å². The molecule has 4 heteroatoms. The molecular weight excluding hydrogens is 218 g/mol. The molecule has 2 rings (SSSR count). The summed E-state index contributed by atoms with van der Waals surface area (Å²) in [7, 11) is 0. The van der Waals surface area contributed by atoms with Gasteiger partial charge in [-0.15, -0.1) is 0 Å². The van der Waals surface area contributed by atoms with Crippen molar-refractivity contribution in [3.63, 3.8) is 0 Å². The Kier molecular flexibility index (Phi) is 3.34. The third-order valence-electron chi connectivity index (χ3n) is 3.43. The van der Waals surface area contributed by atoms with Crippen LogP contribution in [0.1, 0.15) is 46.5 Å². The second kappa shape index (κ2) is 4.48. The highest BCUT2D eigenvalue weighted by atomic mass is 16.6. The molecule has 2 fully saturated rings. The van der Waals surface area contributed by atoms with E-state index >= 15 is 0 Å². The molecule has 2 aliphatic rings. The van der Waals surface area contributed by atoms with Crippen molar-refractivity contribution in [1.82, 2.24) is 4.90 Å². The van der Waals surface area contributed by atoms with Crippen LogP contribution in [0.25, 0.3) is 0 Å². The fraction of sp³-hybridized carbons (Fsp3) is 0.923. The van der Waals surface area contributed by atoms with Gasteiger partial charge in [0.15, 0.2) is 0 Å². The fourth-order valence-corrected chi connectivity index (χ4v) is 2.45. The first-order valence-corrected chi connectivity index (χ1v) is 6.56. The average molecular weight is 241 g/mol. The van der Waals surface area contributed by atoms with Crippen molar-refractivity contribution in [2.75, 3.05) is 6.54 Å². The summed E-state index contributed by atoms with van der Waals surface area (Å²) in [5.74, 6) is 0.406. The highest BCUT2D eigenvalue weighted by Gasteiger charge is 2.42. The average Bonchev–Trinajstić information content (AvgIpc) is 2.91. The van der Waals surface area contributed by atoms with Crippen LogP contribution in [-0.4, -0.2) is 40.4 Å². The number of aliphatic hydroxyl groups is 1. The molecule has 1 N–H and O–H groups in total.